The number of β-amino-alcohol motifs (C(OH)–C–C–N with tert-alkyl or cyclic N) is 1. The van der Waals surface area contributed by atoms with Gasteiger partial charge in [-0.05, 0) is 24.3 Å². The van der Waals surface area contributed by atoms with Crippen LogP contribution in [0.5, 0.6) is 11.5 Å². The molecule has 0 bridgehead atoms. The second-order valence-electron chi connectivity index (χ2n) is 6.58. The van der Waals surface area contributed by atoms with Crippen LogP contribution in [0.2, 0.25) is 10.0 Å². The fraction of sp³-hybridized carbons (Fsp3) is 0.333. The van der Waals surface area contributed by atoms with Gasteiger partial charge in [0.1, 0.15) is 17.1 Å². The van der Waals surface area contributed by atoms with Crippen molar-refractivity contribution in [3.63, 3.8) is 0 Å². The van der Waals surface area contributed by atoms with E-state index in [2.05, 4.69) is 9.80 Å². The molecule has 0 aromatic heterocycles. The quantitative estimate of drug-likeness (QED) is 0.874. The summed E-state index contributed by atoms with van der Waals surface area (Å²) in [4.78, 5) is 4.28. The summed E-state index contributed by atoms with van der Waals surface area (Å²) in [5, 5.41) is 11.3. The normalized spacial score (nSPS) is 18.1. The van der Waals surface area contributed by atoms with Gasteiger partial charge in [-0.1, -0.05) is 23.2 Å². The summed E-state index contributed by atoms with van der Waals surface area (Å²) >= 11 is 12.0. The zero-order valence-electron chi connectivity index (χ0n) is 13.7. The molecule has 0 amide bonds. The van der Waals surface area contributed by atoms with Crippen LogP contribution in [-0.2, 0) is 4.74 Å². The first kappa shape index (κ1) is 16.8. The van der Waals surface area contributed by atoms with Crippen LogP contribution in [0.25, 0.3) is 0 Å². The molecular formula is C18H18Cl2N2O3. The van der Waals surface area contributed by atoms with E-state index in [0.29, 0.717) is 48.0 Å². The van der Waals surface area contributed by atoms with E-state index in [4.69, 9.17) is 32.7 Å². The second kappa shape index (κ2) is 6.25. The van der Waals surface area contributed by atoms with Crippen LogP contribution in [-0.4, -0.2) is 44.2 Å². The van der Waals surface area contributed by atoms with Crippen LogP contribution in [0.15, 0.2) is 36.4 Å². The maximum absolute atomic E-state index is 10.4. The lowest BCUT2D eigenvalue weighted by Crippen LogP contribution is -2.57. The molecule has 1 fully saturated rings. The maximum Gasteiger partial charge on any atom is 0.129 e. The van der Waals surface area contributed by atoms with Gasteiger partial charge in [0.25, 0.3) is 0 Å². The van der Waals surface area contributed by atoms with E-state index < -0.39 is 5.60 Å². The first-order valence-corrected chi connectivity index (χ1v) is 8.72. The predicted octanol–water partition coefficient (Wildman–Crippen LogP) is 3.76. The van der Waals surface area contributed by atoms with Gasteiger partial charge in [0.2, 0.25) is 0 Å². The summed E-state index contributed by atoms with van der Waals surface area (Å²) in [6.07, 6.45) is 0. The van der Waals surface area contributed by atoms with E-state index >= 15 is 0 Å². The number of halogens is 2. The molecular weight excluding hydrogens is 363 g/mol. The SMILES string of the molecule is CN1CN(CC2(O)COC2)c2cc(Oc3ccc(Cl)c(Cl)c3)ccc21. The lowest BCUT2D eigenvalue weighted by Gasteiger charge is -2.39. The molecule has 2 heterocycles. The Morgan fingerprint density at radius 1 is 1.08 bits per heavy atom. The number of rotatable bonds is 4. The molecule has 5 nitrogen and oxygen atoms in total. The lowest BCUT2D eigenvalue weighted by atomic mass is 10.0. The second-order valence-corrected chi connectivity index (χ2v) is 7.40. The van der Waals surface area contributed by atoms with Crippen LogP contribution < -0.4 is 14.5 Å². The Bertz CT molecular complexity index is 811. The van der Waals surface area contributed by atoms with E-state index in [1.165, 1.54) is 0 Å². The van der Waals surface area contributed by atoms with Crippen molar-refractivity contribution in [3.8, 4) is 11.5 Å². The molecule has 132 valence electrons. The summed E-state index contributed by atoms with van der Waals surface area (Å²) in [5.41, 5.74) is 1.36. The average Bonchev–Trinajstić information content (AvgIpc) is 2.85. The minimum Gasteiger partial charge on any atom is -0.457 e. The van der Waals surface area contributed by atoms with Gasteiger partial charge in [0, 0.05) is 19.2 Å². The molecule has 2 aliphatic heterocycles. The van der Waals surface area contributed by atoms with Crippen LogP contribution in [0, 0.1) is 0 Å². The molecule has 1 saturated heterocycles. The van der Waals surface area contributed by atoms with Crippen LogP contribution in [0.3, 0.4) is 0 Å². The van der Waals surface area contributed by atoms with Crippen molar-refractivity contribution in [2.75, 3.05) is 43.3 Å². The third-order valence-electron chi connectivity index (χ3n) is 4.44. The van der Waals surface area contributed by atoms with Gasteiger partial charge in [0.05, 0.1) is 47.8 Å². The van der Waals surface area contributed by atoms with Crippen molar-refractivity contribution in [2.24, 2.45) is 0 Å². The van der Waals surface area contributed by atoms with Crippen LogP contribution in [0.4, 0.5) is 11.4 Å². The van der Waals surface area contributed by atoms with Gasteiger partial charge in [-0.2, -0.15) is 0 Å². The average molecular weight is 381 g/mol. The maximum atomic E-state index is 10.4. The first-order valence-electron chi connectivity index (χ1n) is 7.97. The van der Waals surface area contributed by atoms with Gasteiger partial charge in [-0.25, -0.2) is 0 Å². The highest BCUT2D eigenvalue weighted by atomic mass is 35.5. The number of aliphatic hydroxyl groups is 1. The van der Waals surface area contributed by atoms with Gasteiger partial charge < -0.3 is 24.4 Å². The van der Waals surface area contributed by atoms with E-state index in [1.54, 1.807) is 18.2 Å². The van der Waals surface area contributed by atoms with Gasteiger partial charge in [-0.3, -0.25) is 0 Å². The van der Waals surface area contributed by atoms with Crippen molar-refractivity contribution in [1.82, 2.24) is 0 Å². The highest BCUT2D eigenvalue weighted by Gasteiger charge is 2.40. The van der Waals surface area contributed by atoms with Crippen LogP contribution in [0.1, 0.15) is 0 Å². The minimum absolute atomic E-state index is 0.377. The molecule has 2 aromatic carbocycles. The third-order valence-corrected chi connectivity index (χ3v) is 5.17. The lowest BCUT2D eigenvalue weighted by molar-refractivity contribution is -0.171. The fourth-order valence-electron chi connectivity index (χ4n) is 3.15. The number of benzene rings is 2. The number of anilines is 2. The zero-order valence-corrected chi connectivity index (χ0v) is 15.2. The van der Waals surface area contributed by atoms with E-state index in [9.17, 15) is 5.11 Å². The standard InChI is InChI=1S/C18H18Cl2N2O3/c1-21-11-22(8-18(23)9-24-10-18)17-7-13(3-5-16(17)21)25-12-2-4-14(19)15(20)6-12/h2-7,23H,8-11H2,1H3. The molecule has 4 rings (SSSR count). The first-order chi connectivity index (χ1) is 11.9. The molecule has 0 unspecified atom stereocenters. The van der Waals surface area contributed by atoms with Crippen LogP contribution >= 0.6 is 23.2 Å². The monoisotopic (exact) mass is 380 g/mol. The zero-order chi connectivity index (χ0) is 17.6. The number of fused-ring (bicyclic) bond motifs is 1. The molecule has 2 aromatic rings. The summed E-state index contributed by atoms with van der Waals surface area (Å²) in [5.74, 6) is 1.33. The Hall–Kier alpha value is -1.66. The predicted molar refractivity (Wildman–Crippen MR) is 99.4 cm³/mol. The Balaban J connectivity index is 1.58. The third kappa shape index (κ3) is 3.25. The van der Waals surface area contributed by atoms with Gasteiger partial charge in [-0.15, -0.1) is 0 Å². The molecule has 25 heavy (non-hydrogen) atoms. The molecule has 0 atom stereocenters. The van der Waals surface area contributed by atoms with Gasteiger partial charge >= 0.3 is 0 Å². The van der Waals surface area contributed by atoms with Crippen molar-refractivity contribution in [3.05, 3.63) is 46.4 Å². The summed E-state index contributed by atoms with van der Waals surface area (Å²) in [6.45, 7) is 2.00. The smallest absolute Gasteiger partial charge is 0.129 e. The van der Waals surface area contributed by atoms with Crippen molar-refractivity contribution in [2.45, 2.75) is 5.60 Å². The van der Waals surface area contributed by atoms with E-state index in [0.717, 1.165) is 11.4 Å². The minimum atomic E-state index is -0.775. The summed E-state index contributed by atoms with van der Waals surface area (Å²) in [6, 6.07) is 11.1. The fourth-order valence-corrected chi connectivity index (χ4v) is 3.44. The molecule has 1 N–H and O–H groups in total. The molecule has 0 saturated carbocycles. The summed E-state index contributed by atoms with van der Waals surface area (Å²) < 4.78 is 11.1. The highest BCUT2D eigenvalue weighted by Crippen LogP contribution is 2.40. The highest BCUT2D eigenvalue weighted by molar-refractivity contribution is 6.42. The number of ether oxygens (including phenoxy) is 2. The Kier molecular flexibility index (Phi) is 4.20. The Labute approximate surface area is 156 Å². The number of hydrogen-bond donors (Lipinski definition) is 1. The van der Waals surface area contributed by atoms with Crippen molar-refractivity contribution >= 4 is 34.6 Å². The molecule has 7 heteroatoms. The number of hydrogen-bond acceptors (Lipinski definition) is 5. The molecule has 0 spiro atoms. The molecule has 2 aliphatic rings. The van der Waals surface area contributed by atoms with Gasteiger partial charge in [0.15, 0.2) is 0 Å². The number of nitrogens with zero attached hydrogens (tertiary/aromatic N) is 2. The van der Waals surface area contributed by atoms with Crippen molar-refractivity contribution in [1.29, 1.82) is 0 Å². The summed E-state index contributed by atoms with van der Waals surface area (Å²) in [7, 11) is 2.03. The molecule has 0 aliphatic carbocycles. The molecule has 0 radical (unpaired) electrons. The Morgan fingerprint density at radius 3 is 2.48 bits per heavy atom. The Morgan fingerprint density at radius 2 is 1.80 bits per heavy atom. The topological polar surface area (TPSA) is 45.2 Å². The largest absolute Gasteiger partial charge is 0.457 e. The van der Waals surface area contributed by atoms with E-state index in [1.807, 2.05) is 25.2 Å². The van der Waals surface area contributed by atoms with E-state index in [-0.39, 0.29) is 0 Å². The van der Waals surface area contributed by atoms with Crippen molar-refractivity contribution < 1.29 is 14.6 Å².